The first-order chi connectivity index (χ1) is 10.5. The molecular formula is C15H19ClN4O3. The van der Waals surface area contributed by atoms with Gasteiger partial charge in [0.25, 0.3) is 5.56 Å². The van der Waals surface area contributed by atoms with Crippen molar-refractivity contribution in [2.45, 2.75) is 12.6 Å². The van der Waals surface area contributed by atoms with Crippen LogP contribution in [-0.4, -0.2) is 21.6 Å². The number of halogens is 1. The Morgan fingerprint density at radius 2 is 1.87 bits per heavy atom. The fraction of sp³-hybridized carbons (Fsp3) is 0.267. The van der Waals surface area contributed by atoms with Gasteiger partial charge in [-0.1, -0.05) is 30.3 Å². The number of carbonyl (C=O) groups is 1. The van der Waals surface area contributed by atoms with Crippen LogP contribution in [0.1, 0.15) is 11.6 Å². The molecule has 0 saturated heterocycles. The zero-order chi connectivity index (χ0) is 16.1. The van der Waals surface area contributed by atoms with Gasteiger partial charge in [-0.05, 0) is 5.56 Å². The largest absolute Gasteiger partial charge is 0.353 e. The quantitative estimate of drug-likeness (QED) is 0.787. The Balaban J connectivity index is 0.00000264. The zero-order valence-corrected chi connectivity index (χ0v) is 13.5. The van der Waals surface area contributed by atoms with Crippen LogP contribution in [0.25, 0.3) is 0 Å². The second-order valence-corrected chi connectivity index (χ2v) is 4.94. The van der Waals surface area contributed by atoms with Crippen LogP contribution in [-0.2, 0) is 18.4 Å². The molecule has 8 heteroatoms. The van der Waals surface area contributed by atoms with Gasteiger partial charge in [0.15, 0.2) is 0 Å². The van der Waals surface area contributed by atoms with Crippen LogP contribution >= 0.6 is 12.4 Å². The monoisotopic (exact) mass is 338 g/mol. The molecule has 0 spiro atoms. The molecule has 1 heterocycles. The molecule has 23 heavy (non-hydrogen) atoms. The van der Waals surface area contributed by atoms with Crippen LogP contribution in [0.2, 0.25) is 0 Å². The van der Waals surface area contributed by atoms with Crippen LogP contribution in [0.3, 0.4) is 0 Å². The van der Waals surface area contributed by atoms with Crippen LogP contribution in [0.5, 0.6) is 0 Å². The van der Waals surface area contributed by atoms with E-state index in [1.807, 2.05) is 30.3 Å². The molecule has 1 atom stereocenters. The highest BCUT2D eigenvalue weighted by Crippen LogP contribution is 2.07. The molecule has 0 aliphatic carbocycles. The molecule has 0 fully saturated rings. The van der Waals surface area contributed by atoms with Gasteiger partial charge in [0.1, 0.15) is 6.54 Å². The lowest BCUT2D eigenvalue weighted by atomic mass is 10.1. The molecule has 1 unspecified atom stereocenters. The number of nitrogens with one attached hydrogen (secondary N) is 1. The molecule has 2 rings (SSSR count). The van der Waals surface area contributed by atoms with Crippen molar-refractivity contribution in [3.63, 3.8) is 0 Å². The molecule has 0 radical (unpaired) electrons. The second-order valence-electron chi connectivity index (χ2n) is 4.94. The van der Waals surface area contributed by atoms with E-state index >= 15 is 0 Å². The average Bonchev–Trinajstić information content (AvgIpc) is 2.54. The summed E-state index contributed by atoms with van der Waals surface area (Å²) in [5, 5.41) is 2.68. The number of aromatic nitrogens is 2. The summed E-state index contributed by atoms with van der Waals surface area (Å²) < 4.78 is 2.12. The Bertz CT molecular complexity index is 770. The number of rotatable bonds is 5. The van der Waals surface area contributed by atoms with Crippen molar-refractivity contribution in [2.24, 2.45) is 12.8 Å². The highest BCUT2D eigenvalue weighted by atomic mass is 35.5. The molecule has 1 aromatic carbocycles. The van der Waals surface area contributed by atoms with Crippen molar-refractivity contribution in [3.05, 3.63) is 69.0 Å². The summed E-state index contributed by atoms with van der Waals surface area (Å²) in [6.07, 6.45) is 1.31. The lowest BCUT2D eigenvalue weighted by Gasteiger charge is -2.13. The Kier molecular flexibility index (Phi) is 6.74. The van der Waals surface area contributed by atoms with Crippen molar-refractivity contribution in [2.75, 3.05) is 6.54 Å². The van der Waals surface area contributed by atoms with E-state index in [9.17, 15) is 14.4 Å². The SMILES string of the molecule is Cl.Cn1c(=O)ccn(CC(=O)NCC(N)c2ccccc2)c1=O. The predicted molar refractivity (Wildman–Crippen MR) is 89.6 cm³/mol. The minimum Gasteiger partial charge on any atom is -0.353 e. The lowest BCUT2D eigenvalue weighted by molar-refractivity contribution is -0.121. The number of amides is 1. The van der Waals surface area contributed by atoms with Crippen LogP contribution in [0, 0.1) is 0 Å². The smallest absolute Gasteiger partial charge is 0.331 e. The van der Waals surface area contributed by atoms with Crippen molar-refractivity contribution in [1.29, 1.82) is 0 Å². The summed E-state index contributed by atoms with van der Waals surface area (Å²) in [4.78, 5) is 35.0. The van der Waals surface area contributed by atoms with Crippen LogP contribution in [0.4, 0.5) is 0 Å². The van der Waals surface area contributed by atoms with E-state index in [4.69, 9.17) is 5.73 Å². The van der Waals surface area contributed by atoms with E-state index in [1.165, 1.54) is 23.9 Å². The van der Waals surface area contributed by atoms with Gasteiger partial charge in [-0.15, -0.1) is 12.4 Å². The van der Waals surface area contributed by atoms with E-state index in [1.54, 1.807) is 0 Å². The normalized spacial score (nSPS) is 11.4. The fourth-order valence-corrected chi connectivity index (χ4v) is 1.99. The van der Waals surface area contributed by atoms with Crippen molar-refractivity contribution in [1.82, 2.24) is 14.5 Å². The van der Waals surface area contributed by atoms with Gasteiger partial charge < -0.3 is 11.1 Å². The molecule has 0 bridgehead atoms. The maximum absolute atomic E-state index is 11.9. The van der Waals surface area contributed by atoms with Crippen molar-refractivity contribution in [3.8, 4) is 0 Å². The summed E-state index contributed by atoms with van der Waals surface area (Å²) in [5.41, 5.74) is 5.96. The standard InChI is InChI=1S/C15H18N4O3.ClH/c1-18-14(21)7-8-19(15(18)22)10-13(20)17-9-12(16)11-5-3-2-4-6-11;/h2-8,12H,9-10,16H2,1H3,(H,17,20);1H. The summed E-state index contributed by atoms with van der Waals surface area (Å²) in [6.45, 7) is 0.109. The second kappa shape index (κ2) is 8.30. The fourth-order valence-electron chi connectivity index (χ4n) is 1.99. The molecule has 1 aromatic heterocycles. The number of hydrogen-bond acceptors (Lipinski definition) is 4. The Morgan fingerprint density at radius 3 is 2.52 bits per heavy atom. The number of nitrogens with two attached hydrogens (primary N) is 1. The summed E-state index contributed by atoms with van der Waals surface area (Å²) >= 11 is 0. The third-order valence-electron chi connectivity index (χ3n) is 3.32. The zero-order valence-electron chi connectivity index (χ0n) is 12.6. The molecule has 0 aliphatic rings. The van der Waals surface area contributed by atoms with E-state index in [-0.39, 0.29) is 37.4 Å². The minimum absolute atomic E-state index is 0. The van der Waals surface area contributed by atoms with Crippen LogP contribution < -0.4 is 22.3 Å². The minimum atomic E-state index is -0.532. The number of carbonyl (C=O) groups excluding carboxylic acids is 1. The lowest BCUT2D eigenvalue weighted by Crippen LogP contribution is -2.41. The average molecular weight is 339 g/mol. The van der Waals surface area contributed by atoms with E-state index in [0.29, 0.717) is 0 Å². The first-order valence-electron chi connectivity index (χ1n) is 6.82. The third kappa shape index (κ3) is 4.80. The van der Waals surface area contributed by atoms with Gasteiger partial charge >= 0.3 is 5.69 Å². The molecule has 1 amide bonds. The maximum Gasteiger partial charge on any atom is 0.331 e. The first kappa shape index (κ1) is 18.7. The van der Waals surface area contributed by atoms with Crippen molar-refractivity contribution < 1.29 is 4.79 Å². The molecule has 0 aliphatic heterocycles. The predicted octanol–water partition coefficient (Wildman–Crippen LogP) is -0.215. The third-order valence-corrected chi connectivity index (χ3v) is 3.32. The van der Waals surface area contributed by atoms with E-state index < -0.39 is 11.2 Å². The summed E-state index contributed by atoms with van der Waals surface area (Å²) in [5.74, 6) is -0.341. The molecule has 0 saturated carbocycles. The number of nitrogens with zero attached hydrogens (tertiary/aromatic N) is 2. The highest BCUT2D eigenvalue weighted by Gasteiger charge is 2.10. The van der Waals surface area contributed by atoms with Gasteiger partial charge in [-0.3, -0.25) is 18.7 Å². The molecule has 7 nitrogen and oxygen atoms in total. The molecule has 2 aromatic rings. The summed E-state index contributed by atoms with van der Waals surface area (Å²) in [6, 6.07) is 10.3. The molecular weight excluding hydrogens is 320 g/mol. The van der Waals surface area contributed by atoms with Crippen molar-refractivity contribution >= 4 is 18.3 Å². The Morgan fingerprint density at radius 1 is 1.22 bits per heavy atom. The summed E-state index contributed by atoms with van der Waals surface area (Å²) in [7, 11) is 1.37. The van der Waals surface area contributed by atoms with E-state index in [0.717, 1.165) is 10.1 Å². The Hall–Kier alpha value is -2.38. The number of hydrogen-bond donors (Lipinski definition) is 2. The van der Waals surface area contributed by atoms with Crippen LogP contribution in [0.15, 0.2) is 52.2 Å². The topological polar surface area (TPSA) is 99.1 Å². The van der Waals surface area contributed by atoms with Gasteiger partial charge in [-0.2, -0.15) is 0 Å². The number of benzene rings is 1. The van der Waals surface area contributed by atoms with Gasteiger partial charge in [0.2, 0.25) is 5.91 Å². The molecule has 124 valence electrons. The maximum atomic E-state index is 11.9. The molecule has 3 N–H and O–H groups in total. The van der Waals surface area contributed by atoms with Gasteiger partial charge in [0, 0.05) is 31.9 Å². The first-order valence-corrected chi connectivity index (χ1v) is 6.82. The Labute approximate surface area is 139 Å². The highest BCUT2D eigenvalue weighted by molar-refractivity contribution is 5.85. The van der Waals surface area contributed by atoms with Gasteiger partial charge in [0.05, 0.1) is 0 Å². The van der Waals surface area contributed by atoms with Gasteiger partial charge in [-0.25, -0.2) is 4.79 Å². The van der Waals surface area contributed by atoms with E-state index in [2.05, 4.69) is 5.32 Å².